The van der Waals surface area contributed by atoms with Gasteiger partial charge in [0, 0.05) is 6.04 Å². The molecule has 1 atom stereocenters. The van der Waals surface area contributed by atoms with Crippen LogP contribution in [0.1, 0.15) is 30.0 Å². The Hall–Kier alpha value is -1.53. The predicted octanol–water partition coefficient (Wildman–Crippen LogP) is 2.31. The van der Waals surface area contributed by atoms with Crippen molar-refractivity contribution < 1.29 is 4.74 Å². The molecular weight excluding hydrogens is 200 g/mol. The van der Waals surface area contributed by atoms with Crippen LogP contribution in [0.15, 0.2) is 18.2 Å². The van der Waals surface area contributed by atoms with Crippen molar-refractivity contribution in [2.24, 2.45) is 11.1 Å². The Kier molecular flexibility index (Phi) is 2.61. The van der Waals surface area contributed by atoms with E-state index in [0.29, 0.717) is 0 Å². The van der Waals surface area contributed by atoms with Crippen LogP contribution in [0, 0.1) is 23.7 Å². The normalized spacial score (nSPS) is 18.6. The van der Waals surface area contributed by atoms with Crippen molar-refractivity contribution >= 4 is 0 Å². The van der Waals surface area contributed by atoms with Gasteiger partial charge in [-0.1, -0.05) is 12.1 Å². The predicted molar refractivity (Wildman–Crippen MR) is 61.9 cm³/mol. The summed E-state index contributed by atoms with van der Waals surface area (Å²) in [5.41, 5.74) is 7.91. The van der Waals surface area contributed by atoms with Gasteiger partial charge in [-0.05, 0) is 37.0 Å². The molecule has 0 aliphatic heterocycles. The van der Waals surface area contributed by atoms with Gasteiger partial charge in [-0.25, -0.2) is 0 Å². The number of nitrogens with zero attached hydrogens (tertiary/aromatic N) is 1. The van der Waals surface area contributed by atoms with Gasteiger partial charge in [0.15, 0.2) is 0 Å². The maximum absolute atomic E-state index is 9.10. The van der Waals surface area contributed by atoms with Crippen molar-refractivity contribution in [2.75, 3.05) is 7.11 Å². The van der Waals surface area contributed by atoms with Crippen molar-refractivity contribution in [1.29, 1.82) is 5.26 Å². The molecule has 2 rings (SSSR count). The first-order valence-corrected chi connectivity index (χ1v) is 5.44. The monoisotopic (exact) mass is 216 g/mol. The summed E-state index contributed by atoms with van der Waals surface area (Å²) in [6.07, 6.45) is 1.82. The minimum Gasteiger partial charge on any atom is -0.496 e. The maximum Gasteiger partial charge on any atom is 0.121 e. The summed E-state index contributed by atoms with van der Waals surface area (Å²) in [4.78, 5) is 0. The van der Waals surface area contributed by atoms with Crippen LogP contribution in [-0.2, 0) is 0 Å². The number of rotatable bonds is 3. The number of nitriles is 1. The number of nitrogens with two attached hydrogens (primary N) is 1. The summed E-state index contributed by atoms with van der Waals surface area (Å²) < 4.78 is 5.20. The molecule has 0 amide bonds. The van der Waals surface area contributed by atoms with Gasteiger partial charge in [0.1, 0.15) is 5.75 Å². The molecule has 1 aromatic carbocycles. The van der Waals surface area contributed by atoms with Crippen molar-refractivity contribution in [2.45, 2.75) is 25.8 Å². The highest BCUT2D eigenvalue weighted by atomic mass is 16.5. The lowest BCUT2D eigenvalue weighted by Gasteiger charge is -2.18. The molecule has 84 valence electrons. The fraction of sp³-hybridized carbons (Fsp3) is 0.462. The van der Waals surface area contributed by atoms with Crippen LogP contribution in [-0.4, -0.2) is 7.11 Å². The zero-order valence-electron chi connectivity index (χ0n) is 9.66. The highest BCUT2D eigenvalue weighted by Gasteiger charge is 2.49. The first-order valence-electron chi connectivity index (χ1n) is 5.44. The third-order valence-corrected chi connectivity index (χ3v) is 3.38. The average Bonchev–Trinajstić information content (AvgIpc) is 3.09. The lowest BCUT2D eigenvalue weighted by atomic mass is 9.91. The van der Waals surface area contributed by atoms with Crippen molar-refractivity contribution in [1.82, 2.24) is 0 Å². The van der Waals surface area contributed by atoms with Crippen LogP contribution in [0.5, 0.6) is 5.75 Å². The molecule has 0 radical (unpaired) electrons. The molecule has 0 saturated heterocycles. The Balaban J connectivity index is 2.29. The van der Waals surface area contributed by atoms with Gasteiger partial charge in [0.05, 0.1) is 18.6 Å². The van der Waals surface area contributed by atoms with Crippen molar-refractivity contribution in [3.8, 4) is 11.8 Å². The summed E-state index contributed by atoms with van der Waals surface area (Å²) in [7, 11) is 1.65. The quantitative estimate of drug-likeness (QED) is 0.843. The standard InChI is InChI=1S/C13H16N2O/c1-9-7-10(3-4-11(9)16-2)12(15)13(8-14)5-6-13/h3-4,7,12H,5-6,15H2,1-2H3. The van der Waals surface area contributed by atoms with E-state index in [9.17, 15) is 0 Å². The van der Waals surface area contributed by atoms with E-state index < -0.39 is 0 Å². The van der Waals surface area contributed by atoms with Gasteiger partial charge in [0.2, 0.25) is 0 Å². The second kappa shape index (κ2) is 3.80. The molecule has 1 saturated carbocycles. The first kappa shape index (κ1) is 11.0. The molecule has 16 heavy (non-hydrogen) atoms. The van der Waals surface area contributed by atoms with Crippen molar-refractivity contribution in [3.05, 3.63) is 29.3 Å². The fourth-order valence-corrected chi connectivity index (χ4v) is 2.04. The van der Waals surface area contributed by atoms with Gasteiger partial charge < -0.3 is 10.5 Å². The zero-order valence-corrected chi connectivity index (χ0v) is 9.66. The van der Waals surface area contributed by atoms with Gasteiger partial charge in [-0.2, -0.15) is 5.26 Å². The highest BCUT2D eigenvalue weighted by Crippen LogP contribution is 2.53. The van der Waals surface area contributed by atoms with E-state index in [2.05, 4.69) is 6.07 Å². The summed E-state index contributed by atoms with van der Waals surface area (Å²) in [6, 6.07) is 8.05. The lowest BCUT2D eigenvalue weighted by molar-refractivity contribution is 0.411. The molecule has 0 spiro atoms. The third-order valence-electron chi connectivity index (χ3n) is 3.38. The van der Waals surface area contributed by atoms with E-state index in [1.165, 1.54) is 0 Å². The second-order valence-corrected chi connectivity index (χ2v) is 4.47. The second-order valence-electron chi connectivity index (χ2n) is 4.47. The van der Waals surface area contributed by atoms with Crippen LogP contribution >= 0.6 is 0 Å². The van der Waals surface area contributed by atoms with Gasteiger partial charge in [-0.3, -0.25) is 0 Å². The smallest absolute Gasteiger partial charge is 0.121 e. The summed E-state index contributed by atoms with van der Waals surface area (Å²) in [5, 5.41) is 9.10. The SMILES string of the molecule is COc1ccc(C(N)C2(C#N)CC2)cc1C. The van der Waals surface area contributed by atoms with Crippen LogP contribution < -0.4 is 10.5 Å². The number of methoxy groups -OCH3 is 1. The first-order chi connectivity index (χ1) is 7.63. The highest BCUT2D eigenvalue weighted by molar-refractivity contribution is 5.39. The molecule has 3 nitrogen and oxygen atoms in total. The number of aryl methyl sites for hydroxylation is 1. The topological polar surface area (TPSA) is 59.0 Å². The van der Waals surface area contributed by atoms with Gasteiger partial charge >= 0.3 is 0 Å². The number of hydrogen-bond acceptors (Lipinski definition) is 3. The summed E-state index contributed by atoms with van der Waals surface area (Å²) >= 11 is 0. The molecule has 0 heterocycles. The molecule has 2 N–H and O–H groups in total. The Morgan fingerprint density at radius 3 is 2.62 bits per heavy atom. The summed E-state index contributed by atoms with van der Waals surface area (Å²) in [5.74, 6) is 0.859. The molecule has 1 fully saturated rings. The Morgan fingerprint density at radius 2 is 2.19 bits per heavy atom. The molecule has 1 aliphatic carbocycles. The van der Waals surface area contributed by atoms with E-state index in [1.807, 2.05) is 25.1 Å². The summed E-state index contributed by atoms with van der Waals surface area (Å²) in [6.45, 7) is 1.99. The van der Waals surface area contributed by atoms with E-state index in [1.54, 1.807) is 7.11 Å². The van der Waals surface area contributed by atoms with Crippen LogP contribution in [0.4, 0.5) is 0 Å². The van der Waals surface area contributed by atoms with Gasteiger partial charge in [-0.15, -0.1) is 0 Å². The Bertz CT molecular complexity index is 444. The number of ether oxygens (including phenoxy) is 1. The minimum atomic E-state index is -0.318. The molecule has 0 aromatic heterocycles. The van der Waals surface area contributed by atoms with Crippen LogP contribution in [0.3, 0.4) is 0 Å². The van der Waals surface area contributed by atoms with E-state index in [-0.39, 0.29) is 11.5 Å². The minimum absolute atomic E-state index is 0.179. The van der Waals surface area contributed by atoms with Crippen molar-refractivity contribution in [3.63, 3.8) is 0 Å². The maximum atomic E-state index is 9.10. The third kappa shape index (κ3) is 1.66. The molecule has 1 aliphatic rings. The van der Waals surface area contributed by atoms with E-state index in [0.717, 1.165) is 29.7 Å². The number of benzene rings is 1. The van der Waals surface area contributed by atoms with Crippen LogP contribution in [0.25, 0.3) is 0 Å². The average molecular weight is 216 g/mol. The lowest BCUT2D eigenvalue weighted by Crippen LogP contribution is -2.21. The number of hydrogen-bond donors (Lipinski definition) is 1. The molecule has 0 bridgehead atoms. The molecular formula is C13H16N2O. The fourth-order valence-electron chi connectivity index (χ4n) is 2.04. The van der Waals surface area contributed by atoms with Gasteiger partial charge in [0.25, 0.3) is 0 Å². The largest absolute Gasteiger partial charge is 0.496 e. The van der Waals surface area contributed by atoms with E-state index in [4.69, 9.17) is 15.7 Å². The molecule has 1 unspecified atom stereocenters. The molecule has 1 aromatic rings. The van der Waals surface area contributed by atoms with Crippen LogP contribution in [0.2, 0.25) is 0 Å². The molecule has 3 heteroatoms. The van der Waals surface area contributed by atoms with E-state index >= 15 is 0 Å². The Labute approximate surface area is 95.8 Å². The zero-order chi connectivity index (χ0) is 11.8. The Morgan fingerprint density at radius 1 is 1.50 bits per heavy atom.